The predicted octanol–water partition coefficient (Wildman–Crippen LogP) is 1.06. The third-order valence-corrected chi connectivity index (χ3v) is 2.80. The summed E-state index contributed by atoms with van der Waals surface area (Å²) in [5.41, 5.74) is 0. The van der Waals surface area contributed by atoms with Gasteiger partial charge in [-0.25, -0.2) is 4.79 Å². The van der Waals surface area contributed by atoms with Crippen molar-refractivity contribution in [2.75, 3.05) is 33.4 Å². The Morgan fingerprint density at radius 1 is 1.45 bits per heavy atom. The molecule has 0 aliphatic rings. The van der Waals surface area contributed by atoms with Crippen molar-refractivity contribution in [3.63, 3.8) is 0 Å². The Balaban J connectivity index is 4.10. The molecular weight excluding hydrogens is 262 g/mol. The number of hydrogen-bond donors (Lipinski definition) is 2. The summed E-state index contributed by atoms with van der Waals surface area (Å²) < 4.78 is 4.92. The maximum absolute atomic E-state index is 11.9. The van der Waals surface area contributed by atoms with Crippen LogP contribution in [-0.4, -0.2) is 55.4 Å². The number of nitriles is 1. The van der Waals surface area contributed by atoms with Gasteiger partial charge in [0.15, 0.2) is 0 Å². The number of carboxylic acids is 1. The number of nitrogens with zero attached hydrogens (tertiary/aromatic N) is 2. The number of methoxy groups -OCH3 is 1. The van der Waals surface area contributed by atoms with E-state index in [1.54, 1.807) is 7.11 Å². The fourth-order valence-corrected chi connectivity index (χ4v) is 1.55. The summed E-state index contributed by atoms with van der Waals surface area (Å²) in [6.45, 7) is 3.50. The van der Waals surface area contributed by atoms with Crippen LogP contribution in [0.1, 0.15) is 26.2 Å². The van der Waals surface area contributed by atoms with E-state index in [4.69, 9.17) is 15.1 Å². The van der Waals surface area contributed by atoms with Crippen molar-refractivity contribution in [1.29, 1.82) is 5.26 Å². The Morgan fingerprint density at radius 2 is 2.15 bits per heavy atom. The average Bonchev–Trinajstić information content (AvgIpc) is 2.42. The highest BCUT2D eigenvalue weighted by Gasteiger charge is 2.14. The van der Waals surface area contributed by atoms with Gasteiger partial charge in [-0.1, -0.05) is 6.92 Å². The quantitative estimate of drug-likeness (QED) is 0.624. The number of carboxylic acid groups (broad SMARTS) is 1. The maximum Gasteiger partial charge on any atom is 0.317 e. The van der Waals surface area contributed by atoms with Gasteiger partial charge >= 0.3 is 12.0 Å². The van der Waals surface area contributed by atoms with E-state index in [9.17, 15) is 9.59 Å². The van der Waals surface area contributed by atoms with Crippen molar-refractivity contribution >= 4 is 12.0 Å². The molecule has 7 heteroatoms. The molecule has 0 radical (unpaired) electrons. The molecule has 0 bridgehead atoms. The van der Waals surface area contributed by atoms with Crippen molar-refractivity contribution in [1.82, 2.24) is 10.2 Å². The number of carbonyl (C=O) groups is 2. The second kappa shape index (κ2) is 11.1. The van der Waals surface area contributed by atoms with E-state index in [0.717, 1.165) is 0 Å². The first-order chi connectivity index (χ1) is 9.51. The van der Waals surface area contributed by atoms with Gasteiger partial charge in [-0.2, -0.15) is 5.26 Å². The van der Waals surface area contributed by atoms with E-state index in [-0.39, 0.29) is 24.8 Å². The molecule has 0 aromatic carbocycles. The van der Waals surface area contributed by atoms with Crippen LogP contribution < -0.4 is 5.32 Å². The number of rotatable bonds is 10. The number of urea groups is 1. The van der Waals surface area contributed by atoms with E-state index in [2.05, 4.69) is 5.32 Å². The molecule has 0 saturated heterocycles. The minimum atomic E-state index is -0.834. The van der Waals surface area contributed by atoms with E-state index in [1.807, 2.05) is 13.0 Å². The van der Waals surface area contributed by atoms with Gasteiger partial charge in [0.05, 0.1) is 19.1 Å². The van der Waals surface area contributed by atoms with Gasteiger partial charge in [0.1, 0.15) is 0 Å². The molecule has 0 aliphatic heterocycles. The smallest absolute Gasteiger partial charge is 0.317 e. The Kier molecular flexibility index (Phi) is 10.1. The average molecular weight is 285 g/mol. The molecular formula is C13H23N3O4. The van der Waals surface area contributed by atoms with Crippen molar-refractivity contribution in [2.45, 2.75) is 26.2 Å². The zero-order valence-corrected chi connectivity index (χ0v) is 12.1. The highest BCUT2D eigenvalue weighted by molar-refractivity contribution is 5.74. The number of nitrogens with one attached hydrogen (secondary N) is 1. The molecule has 0 saturated carbocycles. The first kappa shape index (κ1) is 18.2. The summed E-state index contributed by atoms with van der Waals surface area (Å²) in [6.07, 6.45) is 0.885. The van der Waals surface area contributed by atoms with Gasteiger partial charge in [0, 0.05) is 33.2 Å². The number of hydrogen-bond acceptors (Lipinski definition) is 4. The van der Waals surface area contributed by atoms with Crippen LogP contribution in [0.15, 0.2) is 0 Å². The van der Waals surface area contributed by atoms with Gasteiger partial charge in [0.2, 0.25) is 0 Å². The van der Waals surface area contributed by atoms with Crippen LogP contribution in [0.2, 0.25) is 0 Å². The summed E-state index contributed by atoms with van der Waals surface area (Å²) in [5, 5.41) is 19.9. The lowest BCUT2D eigenvalue weighted by Gasteiger charge is -2.22. The van der Waals surface area contributed by atoms with Gasteiger partial charge in [-0.05, 0) is 12.3 Å². The molecule has 0 heterocycles. The second-order valence-corrected chi connectivity index (χ2v) is 4.61. The van der Waals surface area contributed by atoms with Crippen LogP contribution in [-0.2, 0) is 9.53 Å². The zero-order valence-electron chi connectivity index (χ0n) is 12.1. The van der Waals surface area contributed by atoms with Crippen molar-refractivity contribution < 1.29 is 19.4 Å². The van der Waals surface area contributed by atoms with Crippen molar-refractivity contribution in [3.8, 4) is 6.07 Å². The molecule has 114 valence electrons. The highest BCUT2D eigenvalue weighted by Crippen LogP contribution is 2.04. The van der Waals surface area contributed by atoms with E-state index < -0.39 is 5.97 Å². The molecule has 1 unspecified atom stereocenters. The summed E-state index contributed by atoms with van der Waals surface area (Å²) in [7, 11) is 1.55. The van der Waals surface area contributed by atoms with Gasteiger partial charge < -0.3 is 20.1 Å². The lowest BCUT2D eigenvalue weighted by Crippen LogP contribution is -2.43. The molecule has 0 spiro atoms. The minimum absolute atomic E-state index is 0.0929. The first-order valence-corrected chi connectivity index (χ1v) is 6.61. The fraction of sp³-hybridized carbons (Fsp3) is 0.769. The van der Waals surface area contributed by atoms with Crippen LogP contribution >= 0.6 is 0 Å². The monoisotopic (exact) mass is 285 g/mol. The number of carbonyl (C=O) groups excluding carboxylic acids is 1. The third-order valence-electron chi connectivity index (χ3n) is 2.80. The summed E-state index contributed by atoms with van der Waals surface area (Å²) in [4.78, 5) is 23.9. The van der Waals surface area contributed by atoms with E-state index >= 15 is 0 Å². The van der Waals surface area contributed by atoms with Crippen LogP contribution in [0.25, 0.3) is 0 Å². The Bertz CT molecular complexity index is 341. The SMILES string of the molecule is COCCN(CCC#N)C(=O)NCC(C)CCC(=O)O. The van der Waals surface area contributed by atoms with Gasteiger partial charge in [0.25, 0.3) is 0 Å². The standard InChI is InChI=1S/C13H23N3O4/c1-11(4-5-12(17)18)10-15-13(19)16(7-3-6-14)8-9-20-2/h11H,3-5,7-10H2,1-2H3,(H,15,19)(H,17,18). The molecule has 2 N–H and O–H groups in total. The lowest BCUT2D eigenvalue weighted by atomic mass is 10.1. The molecule has 0 rings (SSSR count). The van der Waals surface area contributed by atoms with Crippen molar-refractivity contribution in [2.24, 2.45) is 5.92 Å². The molecule has 20 heavy (non-hydrogen) atoms. The number of ether oxygens (including phenoxy) is 1. The van der Waals surface area contributed by atoms with Crippen LogP contribution in [0.3, 0.4) is 0 Å². The molecule has 7 nitrogen and oxygen atoms in total. The number of aliphatic carboxylic acids is 1. The molecule has 0 aliphatic carbocycles. The Morgan fingerprint density at radius 3 is 2.70 bits per heavy atom. The zero-order chi connectivity index (χ0) is 15.4. The normalized spacial score (nSPS) is 11.4. The molecule has 0 aromatic heterocycles. The summed E-state index contributed by atoms with van der Waals surface area (Å²) in [6, 6.07) is 1.75. The highest BCUT2D eigenvalue weighted by atomic mass is 16.5. The Labute approximate surface area is 119 Å². The molecule has 0 aromatic rings. The van der Waals surface area contributed by atoms with Crippen LogP contribution in [0.5, 0.6) is 0 Å². The largest absolute Gasteiger partial charge is 0.481 e. The topological polar surface area (TPSA) is 103 Å². The van der Waals surface area contributed by atoms with Crippen molar-refractivity contribution in [3.05, 3.63) is 0 Å². The first-order valence-electron chi connectivity index (χ1n) is 6.61. The van der Waals surface area contributed by atoms with E-state index in [0.29, 0.717) is 32.7 Å². The third kappa shape index (κ3) is 9.16. The fourth-order valence-electron chi connectivity index (χ4n) is 1.55. The predicted molar refractivity (Wildman–Crippen MR) is 73.1 cm³/mol. The van der Waals surface area contributed by atoms with Crippen LogP contribution in [0.4, 0.5) is 4.79 Å². The summed E-state index contributed by atoms with van der Waals surface area (Å²) in [5.74, 6) is -0.741. The molecule has 0 fully saturated rings. The number of amides is 2. The van der Waals surface area contributed by atoms with E-state index in [1.165, 1.54) is 4.90 Å². The maximum atomic E-state index is 11.9. The lowest BCUT2D eigenvalue weighted by molar-refractivity contribution is -0.137. The minimum Gasteiger partial charge on any atom is -0.481 e. The second-order valence-electron chi connectivity index (χ2n) is 4.61. The molecule has 1 atom stereocenters. The molecule has 2 amide bonds. The van der Waals surface area contributed by atoms with Gasteiger partial charge in [-0.3, -0.25) is 4.79 Å². The van der Waals surface area contributed by atoms with Gasteiger partial charge in [-0.15, -0.1) is 0 Å². The van der Waals surface area contributed by atoms with Crippen LogP contribution in [0, 0.1) is 17.2 Å². The summed E-state index contributed by atoms with van der Waals surface area (Å²) >= 11 is 0. The Hall–Kier alpha value is -1.81.